The second kappa shape index (κ2) is 12.5. The zero-order chi connectivity index (χ0) is 27.9. The highest BCUT2D eigenvalue weighted by Crippen LogP contribution is 2.42. The molecule has 204 valence electrons. The molecule has 1 N–H and O–H groups in total. The summed E-state index contributed by atoms with van der Waals surface area (Å²) in [7, 11) is 4.63. The van der Waals surface area contributed by atoms with E-state index < -0.39 is 17.7 Å². The van der Waals surface area contributed by atoms with Gasteiger partial charge in [-0.3, -0.25) is 9.59 Å². The normalized spacial score (nSPS) is 16.4. The van der Waals surface area contributed by atoms with Gasteiger partial charge in [-0.15, -0.1) is 0 Å². The molecule has 3 aromatic rings. The third-order valence-electron chi connectivity index (χ3n) is 6.71. The Balaban J connectivity index is 1.73. The molecule has 1 aliphatic heterocycles. The monoisotopic (exact) mass is 531 g/mol. The topological polar surface area (TPSA) is 94.5 Å². The number of methoxy groups -OCH3 is 3. The Bertz CT molecular complexity index is 1370. The summed E-state index contributed by atoms with van der Waals surface area (Å²) in [4.78, 5) is 28.0. The van der Waals surface area contributed by atoms with Crippen LogP contribution in [0.4, 0.5) is 0 Å². The number of amides is 1. The Morgan fingerprint density at radius 2 is 1.67 bits per heavy atom. The number of carbonyl (C=O) groups is 2. The van der Waals surface area contributed by atoms with E-state index in [-0.39, 0.29) is 17.9 Å². The van der Waals surface area contributed by atoms with Gasteiger partial charge in [-0.05, 0) is 60.4 Å². The number of likely N-dealkylation sites (tertiary alicyclic amines) is 1. The Labute approximate surface area is 228 Å². The second-order valence-electron chi connectivity index (χ2n) is 9.20. The van der Waals surface area contributed by atoms with E-state index in [2.05, 4.69) is 0 Å². The Morgan fingerprint density at radius 3 is 2.33 bits per heavy atom. The maximum absolute atomic E-state index is 13.3. The van der Waals surface area contributed by atoms with Crippen molar-refractivity contribution in [1.29, 1.82) is 0 Å². The molecule has 4 rings (SSSR count). The first-order valence-electron chi connectivity index (χ1n) is 12.7. The lowest BCUT2D eigenvalue weighted by Gasteiger charge is -2.26. The highest BCUT2D eigenvalue weighted by Gasteiger charge is 2.46. The number of aliphatic hydroxyl groups excluding tert-OH is 1. The highest BCUT2D eigenvalue weighted by atomic mass is 16.5. The molecule has 1 heterocycles. The van der Waals surface area contributed by atoms with Crippen LogP contribution in [-0.2, 0) is 20.9 Å². The van der Waals surface area contributed by atoms with E-state index in [1.54, 1.807) is 43.5 Å². The van der Waals surface area contributed by atoms with Crippen LogP contribution in [0.15, 0.2) is 72.3 Å². The van der Waals surface area contributed by atoms with Crippen molar-refractivity contribution in [3.63, 3.8) is 0 Å². The van der Waals surface area contributed by atoms with Crippen LogP contribution in [-0.4, -0.2) is 56.2 Å². The molecule has 8 nitrogen and oxygen atoms in total. The molecule has 39 heavy (non-hydrogen) atoms. The van der Waals surface area contributed by atoms with E-state index in [1.807, 2.05) is 37.3 Å². The fourth-order valence-corrected chi connectivity index (χ4v) is 4.74. The number of rotatable bonds is 11. The smallest absolute Gasteiger partial charge is 0.295 e. The molecule has 1 aliphatic rings. The number of aryl methyl sites for hydroxylation is 1. The van der Waals surface area contributed by atoms with E-state index in [0.29, 0.717) is 53.6 Å². The third-order valence-corrected chi connectivity index (χ3v) is 6.71. The van der Waals surface area contributed by atoms with Gasteiger partial charge >= 0.3 is 0 Å². The molecule has 1 fully saturated rings. The van der Waals surface area contributed by atoms with Gasteiger partial charge in [0.25, 0.3) is 11.7 Å². The molecule has 8 heteroatoms. The van der Waals surface area contributed by atoms with Gasteiger partial charge in [-0.25, -0.2) is 0 Å². The number of benzene rings is 3. The average molecular weight is 532 g/mol. The Hall–Kier alpha value is -4.30. The fourth-order valence-electron chi connectivity index (χ4n) is 4.74. The lowest BCUT2D eigenvalue weighted by Crippen LogP contribution is -2.31. The minimum Gasteiger partial charge on any atom is -0.507 e. The fraction of sp³-hybridized carbons (Fsp3) is 0.290. The van der Waals surface area contributed by atoms with Crippen molar-refractivity contribution >= 4 is 17.4 Å². The first kappa shape index (κ1) is 27.7. The first-order valence-corrected chi connectivity index (χ1v) is 12.7. The Kier molecular flexibility index (Phi) is 8.88. The van der Waals surface area contributed by atoms with Crippen LogP contribution < -0.4 is 14.2 Å². The molecule has 0 radical (unpaired) electrons. The summed E-state index contributed by atoms with van der Waals surface area (Å²) >= 11 is 0. The van der Waals surface area contributed by atoms with E-state index in [1.165, 1.54) is 19.1 Å². The maximum atomic E-state index is 13.3. The zero-order valence-corrected chi connectivity index (χ0v) is 22.6. The van der Waals surface area contributed by atoms with Crippen LogP contribution in [0, 0.1) is 6.92 Å². The van der Waals surface area contributed by atoms with Gasteiger partial charge in [0, 0.05) is 25.8 Å². The molecule has 3 aromatic carbocycles. The van der Waals surface area contributed by atoms with E-state index >= 15 is 0 Å². The molecule has 0 bridgehead atoms. The second-order valence-corrected chi connectivity index (χ2v) is 9.20. The number of nitrogens with zero attached hydrogens (tertiary/aromatic N) is 1. The predicted octanol–water partition coefficient (Wildman–Crippen LogP) is 5.05. The summed E-state index contributed by atoms with van der Waals surface area (Å²) in [6, 6.07) is 19.4. The van der Waals surface area contributed by atoms with Crippen LogP contribution >= 0.6 is 0 Å². The average Bonchev–Trinajstić information content (AvgIpc) is 3.21. The summed E-state index contributed by atoms with van der Waals surface area (Å²) in [6.07, 6.45) is 0.528. The van der Waals surface area contributed by atoms with Crippen molar-refractivity contribution in [3.8, 4) is 17.2 Å². The predicted molar refractivity (Wildman–Crippen MR) is 147 cm³/mol. The van der Waals surface area contributed by atoms with E-state index in [9.17, 15) is 14.7 Å². The van der Waals surface area contributed by atoms with Crippen LogP contribution in [0.2, 0.25) is 0 Å². The molecule has 1 amide bonds. The van der Waals surface area contributed by atoms with Gasteiger partial charge in [0.05, 0.1) is 25.8 Å². The lowest BCUT2D eigenvalue weighted by atomic mass is 9.93. The van der Waals surface area contributed by atoms with Crippen LogP contribution in [0.25, 0.3) is 5.76 Å². The van der Waals surface area contributed by atoms with Crippen molar-refractivity contribution in [2.45, 2.75) is 26.0 Å². The number of ketones is 1. The van der Waals surface area contributed by atoms with E-state index in [0.717, 1.165) is 5.56 Å². The summed E-state index contributed by atoms with van der Waals surface area (Å²) in [5.41, 5.74) is 2.82. The van der Waals surface area contributed by atoms with Gasteiger partial charge in [0.15, 0.2) is 11.5 Å². The lowest BCUT2D eigenvalue weighted by molar-refractivity contribution is -0.140. The van der Waals surface area contributed by atoms with Gasteiger partial charge in [0.2, 0.25) is 0 Å². The minimum atomic E-state index is -0.810. The molecule has 0 spiro atoms. The van der Waals surface area contributed by atoms with Gasteiger partial charge in [0.1, 0.15) is 18.1 Å². The number of hydrogen-bond acceptors (Lipinski definition) is 7. The number of Topliss-reactive ketones (excluding diaryl/α,β-unsaturated/α-hetero) is 1. The Morgan fingerprint density at radius 1 is 0.923 bits per heavy atom. The van der Waals surface area contributed by atoms with Crippen LogP contribution in [0.5, 0.6) is 17.2 Å². The molecular formula is C31H33NO7. The molecule has 0 unspecified atom stereocenters. The van der Waals surface area contributed by atoms with Gasteiger partial charge in [-0.2, -0.15) is 0 Å². The van der Waals surface area contributed by atoms with Crippen LogP contribution in [0.3, 0.4) is 0 Å². The van der Waals surface area contributed by atoms with Gasteiger partial charge in [-0.1, -0.05) is 36.4 Å². The SMILES string of the molecule is COCCCN1C(=O)C(=O)C(=C(O)c2ccc(OCc3ccccc3)cc2C)[C@H]1c1ccc(OC)c(OC)c1. The standard InChI is InChI=1S/C31H33NO7/c1-20-17-23(39-19-21-9-6-5-7-10-21)12-13-24(20)29(33)27-28(22-11-14-25(37-3)26(18-22)38-4)32(15-8-16-36-2)31(35)30(27)34/h5-7,9-14,17-18,28,33H,8,15-16,19H2,1-4H3/t28-/m1/s1. The third kappa shape index (κ3) is 5.91. The number of carbonyl (C=O) groups excluding carboxylic acids is 2. The van der Waals surface area contributed by atoms with Crippen molar-refractivity contribution in [1.82, 2.24) is 4.90 Å². The first-order chi connectivity index (χ1) is 18.9. The van der Waals surface area contributed by atoms with E-state index in [4.69, 9.17) is 18.9 Å². The zero-order valence-electron chi connectivity index (χ0n) is 22.6. The highest BCUT2D eigenvalue weighted by molar-refractivity contribution is 6.46. The number of aliphatic hydroxyl groups is 1. The molecule has 1 atom stereocenters. The summed E-state index contributed by atoms with van der Waals surface area (Å²) in [5.74, 6) is -0.0617. The largest absolute Gasteiger partial charge is 0.507 e. The molecule has 0 aromatic heterocycles. The minimum absolute atomic E-state index is 0.0192. The molecule has 0 saturated carbocycles. The summed E-state index contributed by atoms with van der Waals surface area (Å²) < 4.78 is 21.9. The summed E-state index contributed by atoms with van der Waals surface area (Å²) in [5, 5.41) is 11.5. The molecule has 1 saturated heterocycles. The number of ether oxygens (including phenoxy) is 4. The van der Waals surface area contributed by atoms with Gasteiger partial charge < -0.3 is 29.0 Å². The molecular weight excluding hydrogens is 498 g/mol. The quantitative estimate of drug-likeness (QED) is 0.160. The van der Waals surface area contributed by atoms with Crippen molar-refractivity contribution in [2.24, 2.45) is 0 Å². The van der Waals surface area contributed by atoms with Crippen molar-refractivity contribution in [2.75, 3.05) is 34.5 Å². The molecule has 0 aliphatic carbocycles. The van der Waals surface area contributed by atoms with Crippen molar-refractivity contribution in [3.05, 3.63) is 94.6 Å². The van der Waals surface area contributed by atoms with Crippen molar-refractivity contribution < 1.29 is 33.6 Å². The number of hydrogen-bond donors (Lipinski definition) is 1. The van der Waals surface area contributed by atoms with Crippen LogP contribution in [0.1, 0.15) is 34.7 Å². The summed E-state index contributed by atoms with van der Waals surface area (Å²) in [6.45, 7) is 2.92. The maximum Gasteiger partial charge on any atom is 0.295 e.